The van der Waals surface area contributed by atoms with E-state index in [1.54, 1.807) is 12.1 Å². The van der Waals surface area contributed by atoms with E-state index < -0.39 is 21.7 Å². The van der Waals surface area contributed by atoms with Crippen molar-refractivity contribution >= 4 is 15.9 Å². The van der Waals surface area contributed by atoms with Crippen LogP contribution in [0.15, 0.2) is 41.3 Å². The molecule has 0 saturated carbocycles. The second-order valence-corrected chi connectivity index (χ2v) is 9.05. The number of sulfonamides is 1. The predicted molar refractivity (Wildman–Crippen MR) is 118 cm³/mol. The Morgan fingerprint density at radius 2 is 1.85 bits per heavy atom. The molecule has 2 aromatic carbocycles. The molecule has 1 fully saturated rings. The van der Waals surface area contributed by atoms with E-state index in [9.17, 15) is 17.6 Å². The maximum atomic E-state index is 13.6. The van der Waals surface area contributed by atoms with Gasteiger partial charge in [-0.2, -0.15) is 4.31 Å². The molecule has 1 N–H and O–H groups in total. The van der Waals surface area contributed by atoms with Gasteiger partial charge in [0.2, 0.25) is 10.0 Å². The van der Waals surface area contributed by atoms with Crippen LogP contribution >= 0.6 is 0 Å². The number of hydrogen-bond acceptors (Lipinski definition) is 7. The standard InChI is InChI=1S/C22H27FN2O7S/c1-29-20-15-16(33(27,28)25-9-12-31-13-10-25)14-17(21(20)30-2)22(26)24-8-5-11-32-19-7-4-3-6-18(19)23/h3-4,6-7,14-15H,5,8-13H2,1-2H3,(H,24,26). The van der Waals surface area contributed by atoms with Crippen molar-refractivity contribution < 1.29 is 36.6 Å². The van der Waals surface area contributed by atoms with Crippen LogP contribution in [0.3, 0.4) is 0 Å². The first-order valence-corrected chi connectivity index (χ1v) is 11.8. The quantitative estimate of drug-likeness (QED) is 0.517. The van der Waals surface area contributed by atoms with E-state index in [0.717, 1.165) is 0 Å². The third-order valence-electron chi connectivity index (χ3n) is 5.01. The number of benzene rings is 2. The lowest BCUT2D eigenvalue weighted by molar-refractivity contribution is 0.0730. The molecule has 9 nitrogen and oxygen atoms in total. The highest BCUT2D eigenvalue weighted by molar-refractivity contribution is 7.89. The topological polar surface area (TPSA) is 103 Å². The Kier molecular flexibility index (Phi) is 8.48. The largest absolute Gasteiger partial charge is 0.493 e. The van der Waals surface area contributed by atoms with Crippen molar-refractivity contribution in [3.63, 3.8) is 0 Å². The van der Waals surface area contributed by atoms with Crippen LogP contribution in [0.25, 0.3) is 0 Å². The lowest BCUT2D eigenvalue weighted by Crippen LogP contribution is -2.40. The van der Waals surface area contributed by atoms with Crippen molar-refractivity contribution in [3.8, 4) is 17.2 Å². The summed E-state index contributed by atoms with van der Waals surface area (Å²) in [4.78, 5) is 12.8. The average molecular weight is 483 g/mol. The van der Waals surface area contributed by atoms with E-state index in [0.29, 0.717) is 19.6 Å². The fourth-order valence-electron chi connectivity index (χ4n) is 3.31. The summed E-state index contributed by atoms with van der Waals surface area (Å²) in [7, 11) is -1.12. The van der Waals surface area contributed by atoms with Gasteiger partial charge in [-0.1, -0.05) is 12.1 Å². The fraction of sp³-hybridized carbons (Fsp3) is 0.409. The number of morpholine rings is 1. The van der Waals surface area contributed by atoms with Crippen LogP contribution < -0.4 is 19.5 Å². The minimum atomic E-state index is -3.86. The zero-order valence-corrected chi connectivity index (χ0v) is 19.3. The maximum Gasteiger partial charge on any atom is 0.255 e. The van der Waals surface area contributed by atoms with Crippen LogP contribution in [-0.4, -0.2) is 72.3 Å². The van der Waals surface area contributed by atoms with Gasteiger partial charge in [-0.15, -0.1) is 0 Å². The van der Waals surface area contributed by atoms with E-state index in [-0.39, 0.29) is 53.9 Å². The van der Waals surface area contributed by atoms with E-state index in [4.69, 9.17) is 18.9 Å². The lowest BCUT2D eigenvalue weighted by atomic mass is 10.1. The average Bonchev–Trinajstić information content (AvgIpc) is 2.84. The molecule has 180 valence electrons. The SMILES string of the molecule is COc1cc(S(=O)(=O)N2CCOCC2)cc(C(=O)NCCCOc2ccccc2F)c1OC. The Balaban J connectivity index is 1.71. The number of rotatable bonds is 10. The number of para-hydroxylation sites is 1. The molecule has 0 radical (unpaired) electrons. The van der Waals surface area contributed by atoms with Gasteiger partial charge in [-0.25, -0.2) is 12.8 Å². The molecule has 0 aromatic heterocycles. The minimum Gasteiger partial charge on any atom is -0.493 e. The number of methoxy groups -OCH3 is 2. The maximum absolute atomic E-state index is 13.6. The Bertz CT molecular complexity index is 1070. The Morgan fingerprint density at radius 3 is 2.52 bits per heavy atom. The molecule has 11 heteroatoms. The monoisotopic (exact) mass is 482 g/mol. The van der Waals surface area contributed by atoms with Gasteiger partial charge in [0.25, 0.3) is 5.91 Å². The molecule has 3 rings (SSSR count). The van der Waals surface area contributed by atoms with Gasteiger partial charge >= 0.3 is 0 Å². The molecule has 0 unspecified atom stereocenters. The molecule has 1 amide bonds. The fourth-order valence-corrected chi connectivity index (χ4v) is 4.76. The van der Waals surface area contributed by atoms with Crippen molar-refractivity contribution in [2.75, 3.05) is 53.7 Å². The molecule has 0 aliphatic carbocycles. The summed E-state index contributed by atoms with van der Waals surface area (Å²) in [5, 5.41) is 2.71. The summed E-state index contributed by atoms with van der Waals surface area (Å²) >= 11 is 0. The number of nitrogens with one attached hydrogen (secondary N) is 1. The van der Waals surface area contributed by atoms with Crippen molar-refractivity contribution in [1.29, 1.82) is 0 Å². The van der Waals surface area contributed by atoms with Gasteiger partial charge in [0.15, 0.2) is 23.1 Å². The van der Waals surface area contributed by atoms with E-state index >= 15 is 0 Å². The summed E-state index contributed by atoms with van der Waals surface area (Å²) < 4.78 is 62.3. The van der Waals surface area contributed by atoms with Crippen LogP contribution in [0, 0.1) is 5.82 Å². The summed E-state index contributed by atoms with van der Waals surface area (Å²) in [6.07, 6.45) is 0.408. The Hall–Kier alpha value is -2.89. The number of amides is 1. The third-order valence-corrected chi connectivity index (χ3v) is 6.88. The molecular weight excluding hydrogens is 455 g/mol. The highest BCUT2D eigenvalue weighted by Crippen LogP contribution is 2.35. The molecule has 33 heavy (non-hydrogen) atoms. The highest BCUT2D eigenvalue weighted by Gasteiger charge is 2.30. The second kappa shape index (κ2) is 11.3. The smallest absolute Gasteiger partial charge is 0.255 e. The van der Waals surface area contributed by atoms with Crippen LogP contribution in [0.5, 0.6) is 17.2 Å². The van der Waals surface area contributed by atoms with Crippen LogP contribution in [0.4, 0.5) is 4.39 Å². The molecule has 1 aliphatic heterocycles. The first kappa shape index (κ1) is 24.7. The normalized spacial score (nSPS) is 14.5. The van der Waals surface area contributed by atoms with Gasteiger partial charge in [0.1, 0.15) is 0 Å². The Labute approximate surface area is 192 Å². The summed E-state index contributed by atoms with van der Waals surface area (Å²) in [5.41, 5.74) is 0.0266. The molecular formula is C22H27FN2O7S. The number of halogens is 1. The van der Waals surface area contributed by atoms with E-state index in [1.165, 1.54) is 42.8 Å². The van der Waals surface area contributed by atoms with Crippen LogP contribution in [0.1, 0.15) is 16.8 Å². The zero-order valence-electron chi connectivity index (χ0n) is 18.5. The third kappa shape index (κ3) is 5.92. The number of nitrogens with zero attached hydrogens (tertiary/aromatic N) is 1. The molecule has 1 saturated heterocycles. The molecule has 1 aliphatic rings. The lowest BCUT2D eigenvalue weighted by Gasteiger charge is -2.26. The zero-order chi connectivity index (χ0) is 23.8. The second-order valence-electron chi connectivity index (χ2n) is 7.11. The van der Waals surface area contributed by atoms with Crippen molar-refractivity contribution in [1.82, 2.24) is 9.62 Å². The number of carbonyl (C=O) groups excluding carboxylic acids is 1. The minimum absolute atomic E-state index is 0.0266. The van der Waals surface area contributed by atoms with Gasteiger partial charge in [-0.3, -0.25) is 4.79 Å². The Morgan fingerprint density at radius 1 is 1.12 bits per heavy atom. The number of carbonyl (C=O) groups is 1. The van der Waals surface area contributed by atoms with Crippen molar-refractivity contribution in [2.24, 2.45) is 0 Å². The summed E-state index contributed by atoms with van der Waals surface area (Å²) in [6, 6.07) is 8.66. The molecule has 0 bridgehead atoms. The number of hydrogen-bond donors (Lipinski definition) is 1. The summed E-state index contributed by atoms with van der Waals surface area (Å²) in [6.45, 7) is 1.45. The van der Waals surface area contributed by atoms with Gasteiger partial charge < -0.3 is 24.3 Å². The predicted octanol–water partition coefficient (Wildman–Crippen LogP) is 2.06. The molecule has 2 aromatic rings. The van der Waals surface area contributed by atoms with Crippen molar-refractivity contribution in [2.45, 2.75) is 11.3 Å². The van der Waals surface area contributed by atoms with E-state index in [2.05, 4.69) is 5.32 Å². The number of ether oxygens (including phenoxy) is 4. The molecule has 0 atom stereocenters. The van der Waals surface area contributed by atoms with E-state index in [1.807, 2.05) is 0 Å². The highest BCUT2D eigenvalue weighted by atomic mass is 32.2. The van der Waals surface area contributed by atoms with Crippen LogP contribution in [0.2, 0.25) is 0 Å². The molecule has 0 spiro atoms. The first-order chi connectivity index (χ1) is 15.9. The summed E-state index contributed by atoms with van der Waals surface area (Å²) in [5.74, 6) is -0.610. The molecule has 1 heterocycles. The van der Waals surface area contributed by atoms with Gasteiger partial charge in [0.05, 0.1) is 44.5 Å². The van der Waals surface area contributed by atoms with Crippen molar-refractivity contribution in [3.05, 3.63) is 47.8 Å². The first-order valence-electron chi connectivity index (χ1n) is 10.4. The van der Waals surface area contributed by atoms with Gasteiger partial charge in [-0.05, 0) is 24.6 Å². The van der Waals surface area contributed by atoms with Gasteiger partial charge in [0, 0.05) is 25.7 Å². The van der Waals surface area contributed by atoms with Crippen LogP contribution in [-0.2, 0) is 14.8 Å².